The van der Waals surface area contributed by atoms with Gasteiger partial charge in [0.2, 0.25) is 0 Å². The van der Waals surface area contributed by atoms with E-state index in [1.54, 1.807) is 0 Å². The van der Waals surface area contributed by atoms with Gasteiger partial charge in [0.1, 0.15) is 0 Å². The topological polar surface area (TPSA) is 41.5 Å². The first kappa shape index (κ1) is 14.7. The molecule has 1 heterocycles. The smallest absolute Gasteiger partial charge is 0.0689 e. The highest BCUT2D eigenvalue weighted by molar-refractivity contribution is 5.06. The van der Waals surface area contributed by atoms with E-state index in [1.165, 1.54) is 5.57 Å². The summed E-state index contributed by atoms with van der Waals surface area (Å²) in [5.41, 5.74) is 1.62. The molecule has 3 nitrogen and oxygen atoms in total. The van der Waals surface area contributed by atoms with Gasteiger partial charge >= 0.3 is 0 Å². The van der Waals surface area contributed by atoms with Crippen LogP contribution in [0.5, 0.6) is 0 Å². The minimum Gasteiger partial charge on any atom is -0.396 e. The molecule has 0 saturated carbocycles. The minimum atomic E-state index is 0.255. The van der Waals surface area contributed by atoms with Gasteiger partial charge in [0.15, 0.2) is 0 Å². The fourth-order valence-corrected chi connectivity index (χ4v) is 2.40. The molecule has 2 N–H and O–H groups in total. The summed E-state index contributed by atoms with van der Waals surface area (Å²) in [7, 11) is 0. The SMILES string of the molecule is CCC(CC)(CCO)CNCC1=CCCOC1. The molecule has 0 unspecified atom stereocenters. The number of aliphatic hydroxyl groups is 1. The van der Waals surface area contributed by atoms with Gasteiger partial charge in [0.05, 0.1) is 13.2 Å². The summed E-state index contributed by atoms with van der Waals surface area (Å²) in [5.74, 6) is 0. The Bertz CT molecular complexity index is 234. The third-order valence-corrected chi connectivity index (χ3v) is 3.98. The van der Waals surface area contributed by atoms with Crippen LogP contribution in [-0.2, 0) is 4.74 Å². The van der Waals surface area contributed by atoms with Gasteiger partial charge in [0.25, 0.3) is 0 Å². The Morgan fingerprint density at radius 1 is 1.41 bits per heavy atom. The van der Waals surface area contributed by atoms with Crippen molar-refractivity contribution in [3.8, 4) is 0 Å². The van der Waals surface area contributed by atoms with Crippen LogP contribution in [0.1, 0.15) is 39.5 Å². The van der Waals surface area contributed by atoms with Crippen LogP contribution in [0.25, 0.3) is 0 Å². The zero-order valence-corrected chi connectivity index (χ0v) is 11.3. The zero-order valence-electron chi connectivity index (χ0n) is 11.3. The van der Waals surface area contributed by atoms with Crippen molar-refractivity contribution < 1.29 is 9.84 Å². The minimum absolute atomic E-state index is 0.255. The van der Waals surface area contributed by atoms with E-state index in [-0.39, 0.29) is 12.0 Å². The summed E-state index contributed by atoms with van der Waals surface area (Å²) in [6.07, 6.45) is 6.45. The second-order valence-corrected chi connectivity index (χ2v) is 4.99. The third-order valence-electron chi connectivity index (χ3n) is 3.98. The molecule has 0 fully saturated rings. The van der Waals surface area contributed by atoms with Crippen LogP contribution in [0.2, 0.25) is 0 Å². The molecule has 1 rings (SSSR count). The lowest BCUT2D eigenvalue weighted by molar-refractivity contribution is 0.145. The zero-order chi connectivity index (χ0) is 12.6. The molecule has 0 radical (unpaired) electrons. The average Bonchev–Trinajstić information content (AvgIpc) is 2.39. The molecule has 0 atom stereocenters. The van der Waals surface area contributed by atoms with E-state index in [2.05, 4.69) is 25.2 Å². The normalized spacial score (nSPS) is 17.0. The molecule has 0 aliphatic carbocycles. The molecule has 0 bridgehead atoms. The van der Waals surface area contributed by atoms with Gasteiger partial charge < -0.3 is 15.2 Å². The van der Waals surface area contributed by atoms with Gasteiger partial charge in [-0.2, -0.15) is 0 Å². The molecular weight excluding hydrogens is 214 g/mol. The molecule has 1 aliphatic heterocycles. The molecule has 0 aromatic heterocycles. The summed E-state index contributed by atoms with van der Waals surface area (Å²) in [5, 5.41) is 12.7. The Morgan fingerprint density at radius 2 is 2.18 bits per heavy atom. The van der Waals surface area contributed by atoms with Crippen LogP contribution in [0.15, 0.2) is 11.6 Å². The van der Waals surface area contributed by atoms with E-state index in [4.69, 9.17) is 9.84 Å². The second-order valence-electron chi connectivity index (χ2n) is 4.99. The monoisotopic (exact) mass is 241 g/mol. The first-order valence-corrected chi connectivity index (χ1v) is 6.83. The van der Waals surface area contributed by atoms with Crippen molar-refractivity contribution in [1.82, 2.24) is 5.32 Å². The number of aliphatic hydroxyl groups excluding tert-OH is 1. The molecule has 3 heteroatoms. The van der Waals surface area contributed by atoms with Crippen LogP contribution in [0.3, 0.4) is 0 Å². The van der Waals surface area contributed by atoms with Crippen molar-refractivity contribution in [2.24, 2.45) is 5.41 Å². The fraction of sp³-hybridized carbons (Fsp3) is 0.857. The predicted octanol–water partition coefficient (Wildman–Crippen LogP) is 2.11. The van der Waals surface area contributed by atoms with Crippen LogP contribution < -0.4 is 5.32 Å². The van der Waals surface area contributed by atoms with Gasteiger partial charge in [-0.3, -0.25) is 0 Å². The van der Waals surface area contributed by atoms with Crippen molar-refractivity contribution in [1.29, 1.82) is 0 Å². The molecule has 0 spiro atoms. The van der Waals surface area contributed by atoms with Gasteiger partial charge in [0, 0.05) is 19.7 Å². The molecule has 1 aliphatic rings. The molecule has 0 aromatic rings. The predicted molar refractivity (Wildman–Crippen MR) is 71.1 cm³/mol. The van der Waals surface area contributed by atoms with Gasteiger partial charge in [-0.25, -0.2) is 0 Å². The molecule has 100 valence electrons. The maximum atomic E-state index is 9.15. The standard InChI is InChI=1S/C14H27NO2/c1-3-14(4-2,7-8-16)12-15-10-13-6-5-9-17-11-13/h6,15-16H,3-5,7-12H2,1-2H3. The molecule has 0 saturated heterocycles. The van der Waals surface area contributed by atoms with Crippen LogP contribution >= 0.6 is 0 Å². The Morgan fingerprint density at radius 3 is 2.71 bits per heavy atom. The van der Waals surface area contributed by atoms with Gasteiger partial charge in [-0.05, 0) is 36.7 Å². The van der Waals surface area contributed by atoms with Crippen molar-refractivity contribution >= 4 is 0 Å². The summed E-state index contributed by atoms with van der Waals surface area (Å²) in [6.45, 7) is 8.26. The van der Waals surface area contributed by atoms with Crippen molar-refractivity contribution in [3.05, 3.63) is 11.6 Å². The number of rotatable bonds is 8. The largest absolute Gasteiger partial charge is 0.396 e. The highest BCUT2D eigenvalue weighted by atomic mass is 16.5. The van der Waals surface area contributed by atoms with E-state index in [9.17, 15) is 0 Å². The van der Waals surface area contributed by atoms with E-state index in [0.717, 1.165) is 52.0 Å². The van der Waals surface area contributed by atoms with Crippen molar-refractivity contribution in [2.75, 3.05) is 32.9 Å². The first-order chi connectivity index (χ1) is 8.26. The summed E-state index contributed by atoms with van der Waals surface area (Å²) in [6, 6.07) is 0. The Kier molecular flexibility index (Phi) is 6.78. The van der Waals surface area contributed by atoms with E-state index in [0.29, 0.717) is 0 Å². The Labute approximate surface area is 105 Å². The summed E-state index contributed by atoms with van der Waals surface area (Å²) in [4.78, 5) is 0. The number of hydrogen-bond donors (Lipinski definition) is 2. The molecular formula is C14H27NO2. The lowest BCUT2D eigenvalue weighted by Crippen LogP contribution is -2.36. The Hall–Kier alpha value is -0.380. The lowest BCUT2D eigenvalue weighted by Gasteiger charge is -2.31. The first-order valence-electron chi connectivity index (χ1n) is 6.83. The summed E-state index contributed by atoms with van der Waals surface area (Å²) >= 11 is 0. The number of nitrogens with one attached hydrogen (secondary N) is 1. The van der Waals surface area contributed by atoms with Crippen LogP contribution in [-0.4, -0.2) is 38.0 Å². The van der Waals surface area contributed by atoms with Gasteiger partial charge in [-0.1, -0.05) is 19.9 Å². The summed E-state index contributed by atoms with van der Waals surface area (Å²) < 4.78 is 5.42. The highest BCUT2D eigenvalue weighted by Gasteiger charge is 2.24. The number of ether oxygens (including phenoxy) is 1. The van der Waals surface area contributed by atoms with Crippen molar-refractivity contribution in [3.63, 3.8) is 0 Å². The highest BCUT2D eigenvalue weighted by Crippen LogP contribution is 2.29. The molecule has 17 heavy (non-hydrogen) atoms. The number of hydrogen-bond acceptors (Lipinski definition) is 3. The van der Waals surface area contributed by atoms with Crippen LogP contribution in [0, 0.1) is 5.41 Å². The second kappa shape index (κ2) is 7.85. The quantitative estimate of drug-likeness (QED) is 0.640. The van der Waals surface area contributed by atoms with E-state index < -0.39 is 0 Å². The molecule has 0 aromatic carbocycles. The maximum absolute atomic E-state index is 9.15. The fourth-order valence-electron chi connectivity index (χ4n) is 2.40. The Balaban J connectivity index is 2.33. The van der Waals surface area contributed by atoms with Crippen LogP contribution in [0.4, 0.5) is 0 Å². The average molecular weight is 241 g/mol. The van der Waals surface area contributed by atoms with Gasteiger partial charge in [-0.15, -0.1) is 0 Å². The van der Waals surface area contributed by atoms with E-state index >= 15 is 0 Å². The van der Waals surface area contributed by atoms with Crippen molar-refractivity contribution in [2.45, 2.75) is 39.5 Å². The van der Waals surface area contributed by atoms with E-state index in [1.807, 2.05) is 0 Å². The molecule has 0 amide bonds. The third kappa shape index (κ3) is 4.78. The lowest BCUT2D eigenvalue weighted by atomic mass is 9.79. The maximum Gasteiger partial charge on any atom is 0.0689 e.